The summed E-state index contributed by atoms with van der Waals surface area (Å²) in [5.74, 6) is -0.689. The second kappa shape index (κ2) is 5.24. The van der Waals surface area contributed by atoms with Crippen LogP contribution in [0.5, 0.6) is 0 Å². The number of nitrogens with one attached hydrogen (secondary N) is 1. The highest BCUT2D eigenvalue weighted by Crippen LogP contribution is 2.49. The van der Waals surface area contributed by atoms with E-state index in [1.807, 2.05) is 20.8 Å². The molecular weight excluding hydrogens is 234 g/mol. The van der Waals surface area contributed by atoms with Crippen LogP contribution in [0.15, 0.2) is 0 Å². The summed E-state index contributed by atoms with van der Waals surface area (Å²) in [6, 6.07) is 0. The Bertz CT molecular complexity index is 343. The van der Waals surface area contributed by atoms with Crippen LogP contribution in [0.25, 0.3) is 0 Å². The summed E-state index contributed by atoms with van der Waals surface area (Å²) < 4.78 is 5.55. The molecule has 0 heterocycles. The first-order valence-electron chi connectivity index (χ1n) is 6.22. The third kappa shape index (κ3) is 2.49. The van der Waals surface area contributed by atoms with E-state index in [9.17, 15) is 9.59 Å². The average Bonchev–Trinajstić information content (AvgIpc) is 2.27. The first kappa shape index (κ1) is 14.9. The topological polar surface area (TPSA) is 107 Å². The molecule has 2 unspecified atom stereocenters. The quantitative estimate of drug-likeness (QED) is 0.596. The molecule has 0 aliphatic heterocycles. The number of ether oxygens (including phenoxy) is 1. The van der Waals surface area contributed by atoms with Crippen molar-refractivity contribution in [3.63, 3.8) is 0 Å². The van der Waals surface area contributed by atoms with Gasteiger partial charge in [0.1, 0.15) is 5.54 Å². The minimum atomic E-state index is -0.940. The number of amides is 2. The summed E-state index contributed by atoms with van der Waals surface area (Å²) in [5, 5.41) is 2.65. The third-order valence-corrected chi connectivity index (χ3v) is 3.89. The van der Waals surface area contributed by atoms with Crippen molar-refractivity contribution in [2.24, 2.45) is 16.9 Å². The van der Waals surface area contributed by atoms with Gasteiger partial charge >= 0.3 is 0 Å². The van der Waals surface area contributed by atoms with Gasteiger partial charge in [-0.1, -0.05) is 13.8 Å². The van der Waals surface area contributed by atoms with Crippen LogP contribution < -0.4 is 16.8 Å². The molecule has 2 atom stereocenters. The predicted octanol–water partition coefficient (Wildman–Crippen LogP) is -0.489. The smallest absolute Gasteiger partial charge is 0.240 e. The molecule has 2 amide bonds. The zero-order valence-corrected chi connectivity index (χ0v) is 11.3. The summed E-state index contributed by atoms with van der Waals surface area (Å²) in [5.41, 5.74) is 9.80. The van der Waals surface area contributed by atoms with E-state index < -0.39 is 16.9 Å². The Kier molecular flexibility index (Phi) is 4.34. The molecule has 0 saturated heterocycles. The zero-order chi connectivity index (χ0) is 14.0. The Morgan fingerprint density at radius 2 is 2.06 bits per heavy atom. The molecule has 1 saturated carbocycles. The van der Waals surface area contributed by atoms with Gasteiger partial charge in [0.2, 0.25) is 11.8 Å². The van der Waals surface area contributed by atoms with Gasteiger partial charge in [-0.15, -0.1) is 0 Å². The van der Waals surface area contributed by atoms with Gasteiger partial charge in [-0.05, 0) is 6.92 Å². The fourth-order valence-electron chi connectivity index (χ4n) is 2.28. The molecule has 0 radical (unpaired) electrons. The number of hydrogen-bond acceptors (Lipinski definition) is 4. The van der Waals surface area contributed by atoms with E-state index in [-0.39, 0.29) is 25.0 Å². The summed E-state index contributed by atoms with van der Waals surface area (Å²) in [4.78, 5) is 22.6. The van der Waals surface area contributed by atoms with Crippen molar-refractivity contribution >= 4 is 11.8 Å². The van der Waals surface area contributed by atoms with Crippen LogP contribution in [-0.2, 0) is 14.3 Å². The maximum atomic E-state index is 12.1. The van der Waals surface area contributed by atoms with Crippen molar-refractivity contribution in [2.75, 3.05) is 13.2 Å². The molecule has 6 nitrogen and oxygen atoms in total. The van der Waals surface area contributed by atoms with Gasteiger partial charge in [-0.25, -0.2) is 0 Å². The van der Waals surface area contributed by atoms with Crippen LogP contribution >= 0.6 is 0 Å². The lowest BCUT2D eigenvalue weighted by atomic mass is 9.54. The highest BCUT2D eigenvalue weighted by atomic mass is 16.5. The number of hydrogen-bond donors (Lipinski definition) is 3. The minimum absolute atomic E-state index is 0.00519. The average molecular weight is 257 g/mol. The molecule has 104 valence electrons. The summed E-state index contributed by atoms with van der Waals surface area (Å²) >= 11 is 0. The molecule has 1 fully saturated rings. The third-order valence-electron chi connectivity index (χ3n) is 3.89. The largest absolute Gasteiger partial charge is 0.378 e. The lowest BCUT2D eigenvalue weighted by Crippen LogP contribution is -2.75. The Balaban J connectivity index is 2.55. The number of rotatable bonds is 6. The van der Waals surface area contributed by atoms with E-state index in [1.165, 1.54) is 0 Å². The Hall–Kier alpha value is -1.14. The molecule has 0 bridgehead atoms. The van der Waals surface area contributed by atoms with E-state index in [4.69, 9.17) is 16.2 Å². The lowest BCUT2D eigenvalue weighted by molar-refractivity contribution is -0.170. The first-order valence-corrected chi connectivity index (χ1v) is 6.22. The highest BCUT2D eigenvalue weighted by molar-refractivity contribution is 5.89. The molecule has 0 aromatic rings. The fraction of sp³-hybridized carbons (Fsp3) is 0.833. The molecule has 1 aliphatic carbocycles. The van der Waals surface area contributed by atoms with Crippen LogP contribution in [0.3, 0.4) is 0 Å². The number of carbonyl (C=O) groups excluding carboxylic acids is 2. The van der Waals surface area contributed by atoms with E-state index in [0.717, 1.165) is 0 Å². The SMILES string of the molecule is CCOC1CC(N)(C(=O)NCCC(N)=O)C1(C)C. The molecule has 1 aliphatic rings. The van der Waals surface area contributed by atoms with Crippen LogP contribution in [0, 0.1) is 5.41 Å². The molecule has 0 spiro atoms. The summed E-state index contributed by atoms with van der Waals surface area (Å²) in [6.45, 7) is 6.59. The van der Waals surface area contributed by atoms with Crippen molar-refractivity contribution in [3.8, 4) is 0 Å². The Labute approximate surface area is 107 Å². The highest BCUT2D eigenvalue weighted by Gasteiger charge is 2.62. The maximum absolute atomic E-state index is 12.1. The van der Waals surface area contributed by atoms with E-state index in [1.54, 1.807) is 0 Å². The summed E-state index contributed by atoms with van der Waals surface area (Å²) in [6.07, 6.45) is 0.613. The number of nitrogens with two attached hydrogens (primary N) is 2. The molecule has 5 N–H and O–H groups in total. The molecule has 6 heteroatoms. The van der Waals surface area contributed by atoms with Gasteiger partial charge in [0, 0.05) is 31.4 Å². The Morgan fingerprint density at radius 3 is 2.50 bits per heavy atom. The maximum Gasteiger partial charge on any atom is 0.240 e. The molecular formula is C12H23N3O3. The standard InChI is InChI=1S/C12H23N3O3/c1-4-18-8-7-12(14,11(8,2)3)10(17)15-6-5-9(13)16/h8H,4-7,14H2,1-3H3,(H2,13,16)(H,15,17). The van der Waals surface area contributed by atoms with Gasteiger partial charge in [0.15, 0.2) is 0 Å². The van der Waals surface area contributed by atoms with Gasteiger partial charge in [0.05, 0.1) is 6.10 Å². The van der Waals surface area contributed by atoms with Crippen molar-refractivity contribution in [2.45, 2.75) is 45.3 Å². The zero-order valence-electron chi connectivity index (χ0n) is 11.3. The lowest BCUT2D eigenvalue weighted by Gasteiger charge is -2.57. The molecule has 18 heavy (non-hydrogen) atoms. The first-order chi connectivity index (χ1) is 8.25. The van der Waals surface area contributed by atoms with Crippen LogP contribution in [0.2, 0.25) is 0 Å². The van der Waals surface area contributed by atoms with Gasteiger partial charge in [-0.3, -0.25) is 9.59 Å². The van der Waals surface area contributed by atoms with Crippen LogP contribution in [0.4, 0.5) is 0 Å². The summed E-state index contributed by atoms with van der Waals surface area (Å²) in [7, 11) is 0. The fourth-order valence-corrected chi connectivity index (χ4v) is 2.28. The van der Waals surface area contributed by atoms with Crippen LogP contribution in [-0.4, -0.2) is 36.6 Å². The minimum Gasteiger partial charge on any atom is -0.378 e. The number of primary amides is 1. The Morgan fingerprint density at radius 1 is 1.44 bits per heavy atom. The van der Waals surface area contributed by atoms with Crippen molar-refractivity contribution in [1.29, 1.82) is 0 Å². The van der Waals surface area contributed by atoms with Gasteiger partial charge in [-0.2, -0.15) is 0 Å². The van der Waals surface area contributed by atoms with E-state index in [2.05, 4.69) is 5.32 Å². The van der Waals surface area contributed by atoms with Crippen LogP contribution in [0.1, 0.15) is 33.6 Å². The second-order valence-corrected chi connectivity index (χ2v) is 5.31. The van der Waals surface area contributed by atoms with E-state index >= 15 is 0 Å². The number of carbonyl (C=O) groups is 2. The van der Waals surface area contributed by atoms with Crippen molar-refractivity contribution < 1.29 is 14.3 Å². The monoisotopic (exact) mass is 257 g/mol. The second-order valence-electron chi connectivity index (χ2n) is 5.31. The van der Waals surface area contributed by atoms with Crippen molar-refractivity contribution in [3.05, 3.63) is 0 Å². The molecule has 1 rings (SSSR count). The normalized spacial score (nSPS) is 29.4. The molecule has 0 aromatic carbocycles. The van der Waals surface area contributed by atoms with Gasteiger partial charge < -0.3 is 21.5 Å². The van der Waals surface area contributed by atoms with Gasteiger partial charge in [0.25, 0.3) is 0 Å². The van der Waals surface area contributed by atoms with Crippen molar-refractivity contribution in [1.82, 2.24) is 5.32 Å². The van der Waals surface area contributed by atoms with E-state index in [0.29, 0.717) is 13.0 Å². The molecule has 0 aromatic heterocycles. The predicted molar refractivity (Wildman–Crippen MR) is 67.6 cm³/mol.